The van der Waals surface area contributed by atoms with Gasteiger partial charge in [0, 0.05) is 21.6 Å². The lowest BCUT2D eigenvalue weighted by Gasteiger charge is -2.51. The zero-order valence-corrected chi connectivity index (χ0v) is 32.1. The van der Waals surface area contributed by atoms with Crippen LogP contribution < -0.4 is 4.90 Å². The number of methoxy groups -OCH3 is 4. The van der Waals surface area contributed by atoms with Gasteiger partial charge in [0.2, 0.25) is 0 Å². The molecule has 1 spiro atoms. The number of anilines is 1. The topological polar surface area (TPSA) is 126 Å². The first-order valence-corrected chi connectivity index (χ1v) is 18.5. The van der Waals surface area contributed by atoms with E-state index >= 15 is 0 Å². The smallest absolute Gasteiger partial charge is 0.345 e. The van der Waals surface area contributed by atoms with E-state index in [0.717, 1.165) is 57.5 Å². The third kappa shape index (κ3) is 5.84. The first-order valence-electron chi connectivity index (χ1n) is 16.0. The second-order valence-corrected chi connectivity index (χ2v) is 16.3. The molecule has 0 aliphatic carbocycles. The van der Waals surface area contributed by atoms with E-state index in [9.17, 15) is 24.0 Å². The lowest BCUT2D eigenvalue weighted by atomic mass is 9.82. The molecule has 0 saturated carbocycles. The third-order valence-corrected chi connectivity index (χ3v) is 13.8. The van der Waals surface area contributed by atoms with Gasteiger partial charge in [-0.2, -0.15) is 0 Å². The Morgan fingerprint density at radius 3 is 1.67 bits per heavy atom. The van der Waals surface area contributed by atoms with Gasteiger partial charge in [-0.25, -0.2) is 19.2 Å². The number of thioether (sulfide) groups is 3. The molecule has 13 heteroatoms. The van der Waals surface area contributed by atoms with Gasteiger partial charge in [-0.3, -0.25) is 9.69 Å². The standard InChI is InChI=1S/C39H35NO9S3/c1-20-18-25-26(19-21(20)2)40(33(41)24-16-14-23(15-17-24)22-12-10-9-11-13-22)38(3,4)32-27(25)39(28(34(42)46-5)29(50-32)35(43)47-6)51-30(36(44)48-7)31(52-39)37(45)49-8/h9-19H,1-8H3. The molecule has 0 unspecified atom stereocenters. The summed E-state index contributed by atoms with van der Waals surface area (Å²) < 4.78 is 19.0. The number of fused-ring (bicyclic) bond motifs is 3. The molecule has 0 N–H and O–H groups in total. The molecule has 3 heterocycles. The molecule has 6 rings (SSSR count). The lowest BCUT2D eigenvalue weighted by molar-refractivity contribution is -0.138. The van der Waals surface area contributed by atoms with Crippen LogP contribution in [0.4, 0.5) is 5.69 Å². The van der Waals surface area contributed by atoms with Crippen molar-refractivity contribution in [3.63, 3.8) is 0 Å². The second kappa shape index (κ2) is 14.0. The highest BCUT2D eigenvalue weighted by atomic mass is 32.2. The number of amides is 1. The molecular weight excluding hydrogens is 723 g/mol. The van der Waals surface area contributed by atoms with Crippen LogP contribution in [0.5, 0.6) is 0 Å². The fourth-order valence-corrected chi connectivity index (χ4v) is 11.6. The molecule has 3 aromatic carbocycles. The Morgan fingerprint density at radius 2 is 1.13 bits per heavy atom. The van der Waals surface area contributed by atoms with Gasteiger partial charge in [0.25, 0.3) is 5.91 Å². The summed E-state index contributed by atoms with van der Waals surface area (Å²) >= 11 is 2.79. The number of aryl methyl sites for hydroxylation is 2. The number of esters is 4. The minimum atomic E-state index is -1.66. The van der Waals surface area contributed by atoms with Gasteiger partial charge in [0.15, 0.2) is 0 Å². The molecule has 0 saturated heterocycles. The summed E-state index contributed by atoms with van der Waals surface area (Å²) in [5.74, 6) is -3.65. The Kier molecular flexibility index (Phi) is 9.99. The lowest BCUT2D eigenvalue weighted by Crippen LogP contribution is -2.54. The molecule has 3 aromatic rings. The molecule has 0 radical (unpaired) electrons. The molecule has 0 bridgehead atoms. The Hall–Kier alpha value is -4.72. The van der Waals surface area contributed by atoms with Crippen LogP contribution in [0.3, 0.4) is 0 Å². The number of hydrogen-bond acceptors (Lipinski definition) is 12. The number of rotatable bonds is 6. The molecule has 1 amide bonds. The summed E-state index contributed by atoms with van der Waals surface area (Å²) in [6.45, 7) is 7.58. The Labute approximate surface area is 314 Å². The van der Waals surface area contributed by atoms with E-state index in [-0.39, 0.29) is 26.2 Å². The van der Waals surface area contributed by atoms with E-state index in [2.05, 4.69) is 0 Å². The van der Waals surface area contributed by atoms with Crippen molar-refractivity contribution in [3.05, 3.63) is 114 Å². The van der Waals surface area contributed by atoms with Crippen molar-refractivity contribution >= 4 is 76.3 Å². The summed E-state index contributed by atoms with van der Waals surface area (Å²) in [6.07, 6.45) is 0. The zero-order valence-electron chi connectivity index (χ0n) is 29.7. The maximum Gasteiger partial charge on any atom is 0.345 e. The van der Waals surface area contributed by atoms with Crippen LogP contribution in [-0.4, -0.2) is 67.8 Å². The van der Waals surface area contributed by atoms with Gasteiger partial charge < -0.3 is 18.9 Å². The molecule has 0 atom stereocenters. The number of benzene rings is 3. The highest BCUT2D eigenvalue weighted by Crippen LogP contribution is 2.71. The van der Waals surface area contributed by atoms with Gasteiger partial charge in [-0.1, -0.05) is 77.8 Å². The quantitative estimate of drug-likeness (QED) is 0.187. The van der Waals surface area contributed by atoms with E-state index in [0.29, 0.717) is 27.3 Å². The summed E-state index contributed by atoms with van der Waals surface area (Å²) in [6, 6.07) is 21.0. The predicted molar refractivity (Wildman–Crippen MR) is 203 cm³/mol. The van der Waals surface area contributed by atoms with Crippen molar-refractivity contribution in [1.82, 2.24) is 0 Å². The molecule has 3 aliphatic heterocycles. The normalized spacial score (nSPS) is 17.0. The van der Waals surface area contributed by atoms with Crippen LogP contribution in [0, 0.1) is 13.8 Å². The fourth-order valence-electron chi connectivity index (χ4n) is 6.50. The van der Waals surface area contributed by atoms with Crippen LogP contribution in [0.2, 0.25) is 0 Å². The molecule has 52 heavy (non-hydrogen) atoms. The van der Waals surface area contributed by atoms with Crippen LogP contribution in [0.1, 0.15) is 40.9 Å². The first-order chi connectivity index (χ1) is 24.7. The van der Waals surface area contributed by atoms with E-state index < -0.39 is 33.5 Å². The summed E-state index contributed by atoms with van der Waals surface area (Å²) in [4.78, 5) is 71.0. The van der Waals surface area contributed by atoms with E-state index in [1.165, 1.54) is 28.4 Å². The van der Waals surface area contributed by atoms with E-state index in [1.54, 1.807) is 17.0 Å². The largest absolute Gasteiger partial charge is 0.466 e. The monoisotopic (exact) mass is 757 g/mol. The van der Waals surface area contributed by atoms with Crippen molar-refractivity contribution in [2.75, 3.05) is 33.3 Å². The number of carbonyl (C=O) groups excluding carboxylic acids is 5. The van der Waals surface area contributed by atoms with Gasteiger partial charge in [-0.05, 0) is 74.2 Å². The van der Waals surface area contributed by atoms with Crippen molar-refractivity contribution in [2.45, 2.75) is 37.3 Å². The molecule has 3 aliphatic rings. The van der Waals surface area contributed by atoms with Crippen molar-refractivity contribution < 1.29 is 42.9 Å². The Bertz CT molecular complexity index is 2120. The summed E-state index contributed by atoms with van der Waals surface area (Å²) in [5, 5.41) is 0. The molecule has 268 valence electrons. The highest BCUT2D eigenvalue weighted by molar-refractivity contribution is 8.26. The van der Waals surface area contributed by atoms with Crippen molar-refractivity contribution in [1.29, 1.82) is 0 Å². The number of ether oxygens (including phenoxy) is 4. The fraction of sp³-hybridized carbons (Fsp3) is 0.256. The van der Waals surface area contributed by atoms with Crippen LogP contribution >= 0.6 is 35.3 Å². The minimum Gasteiger partial charge on any atom is -0.466 e. The average molecular weight is 758 g/mol. The van der Waals surface area contributed by atoms with Crippen LogP contribution in [0.15, 0.2) is 91.9 Å². The van der Waals surface area contributed by atoms with Gasteiger partial charge in [-0.15, -0.1) is 0 Å². The number of nitrogens with zero attached hydrogens (tertiary/aromatic N) is 1. The third-order valence-electron chi connectivity index (χ3n) is 9.20. The van der Waals surface area contributed by atoms with Crippen molar-refractivity contribution in [2.24, 2.45) is 0 Å². The molecular formula is C39H35NO9S3. The predicted octanol–water partition coefficient (Wildman–Crippen LogP) is 7.20. The SMILES string of the molecule is COC(=O)C1=C(C(=O)OC)SC2(S1)C(C(=O)OC)=C(C(=O)OC)SC1=C2c2cc(C)c(C)cc2N(C(=O)c2ccc(-c3ccccc3)cc2)C1(C)C. The Morgan fingerprint density at radius 1 is 0.635 bits per heavy atom. The molecule has 10 nitrogen and oxygen atoms in total. The minimum absolute atomic E-state index is 0.107. The number of hydrogen-bond donors (Lipinski definition) is 0. The van der Waals surface area contributed by atoms with Gasteiger partial charge >= 0.3 is 23.9 Å². The first kappa shape index (κ1) is 37.1. The summed E-state index contributed by atoms with van der Waals surface area (Å²) in [7, 11) is 4.73. The number of carbonyl (C=O) groups is 5. The van der Waals surface area contributed by atoms with E-state index in [4.69, 9.17) is 18.9 Å². The second-order valence-electron chi connectivity index (χ2n) is 12.6. The maximum atomic E-state index is 14.8. The zero-order chi connectivity index (χ0) is 37.7. The molecule has 0 fully saturated rings. The average Bonchev–Trinajstić information content (AvgIpc) is 3.54. The Balaban J connectivity index is 1.63. The van der Waals surface area contributed by atoms with Gasteiger partial charge in [0.1, 0.15) is 18.8 Å². The van der Waals surface area contributed by atoms with Gasteiger partial charge in [0.05, 0.1) is 45.2 Å². The maximum absolute atomic E-state index is 14.8. The van der Waals surface area contributed by atoms with Crippen LogP contribution in [0.25, 0.3) is 16.7 Å². The van der Waals surface area contributed by atoms with E-state index in [1.807, 2.05) is 82.3 Å². The highest BCUT2D eigenvalue weighted by Gasteiger charge is 2.62. The van der Waals surface area contributed by atoms with Crippen LogP contribution in [-0.2, 0) is 38.1 Å². The van der Waals surface area contributed by atoms with Crippen molar-refractivity contribution in [3.8, 4) is 11.1 Å². The molecule has 0 aromatic heterocycles. The summed E-state index contributed by atoms with van der Waals surface area (Å²) in [5.41, 5.74) is 4.52.